The van der Waals surface area contributed by atoms with E-state index in [4.69, 9.17) is 0 Å². The van der Waals surface area contributed by atoms with Gasteiger partial charge in [-0.2, -0.15) is 0 Å². The van der Waals surface area contributed by atoms with Crippen LogP contribution in [-0.2, 0) is 20.4 Å². The molecular weight excluding hydrogens is 420 g/mol. The topological polar surface area (TPSA) is 92.3 Å². The molecule has 0 unspecified atom stereocenters. The second-order valence-corrected chi connectivity index (χ2v) is 8.96. The first kappa shape index (κ1) is 20.1. The molecule has 2 aromatic rings. The molecule has 0 aromatic heterocycles. The zero-order valence-electron chi connectivity index (χ0n) is 14.4. The third-order valence-corrected chi connectivity index (χ3v) is 5.24. The summed E-state index contributed by atoms with van der Waals surface area (Å²) in [5, 5.41) is 5.24. The number of anilines is 1. The molecule has 0 saturated heterocycles. The van der Waals surface area contributed by atoms with Gasteiger partial charge >= 0.3 is 0 Å². The minimum Gasteiger partial charge on any atom is -0.343 e. The highest BCUT2D eigenvalue weighted by Gasteiger charge is 2.10. The fourth-order valence-corrected chi connectivity index (χ4v) is 3.29. The summed E-state index contributed by atoms with van der Waals surface area (Å²) in [7, 11) is -3.12. The lowest BCUT2D eigenvalue weighted by atomic mass is 10.1. The quantitative estimate of drug-likeness (QED) is 0.724. The molecule has 0 radical (unpaired) electrons. The molecule has 0 spiro atoms. The Morgan fingerprint density at radius 3 is 2.31 bits per heavy atom. The SMILES string of the molecule is Cc1cc(NC(=O)CNC(=O)c2ccc(CS(C)(=O)=O)cc2)ccc1Br. The van der Waals surface area contributed by atoms with E-state index in [-0.39, 0.29) is 18.2 Å². The maximum atomic E-state index is 12.1. The van der Waals surface area contributed by atoms with Crippen LogP contribution < -0.4 is 10.6 Å². The second-order valence-electron chi connectivity index (χ2n) is 5.96. The van der Waals surface area contributed by atoms with Gasteiger partial charge in [-0.05, 0) is 48.4 Å². The van der Waals surface area contributed by atoms with Crippen LogP contribution in [0.15, 0.2) is 46.9 Å². The van der Waals surface area contributed by atoms with E-state index < -0.39 is 15.7 Å². The fourth-order valence-electron chi connectivity index (χ4n) is 2.25. The van der Waals surface area contributed by atoms with Gasteiger partial charge in [0.1, 0.15) is 0 Å². The van der Waals surface area contributed by atoms with Crippen molar-refractivity contribution < 1.29 is 18.0 Å². The van der Waals surface area contributed by atoms with E-state index in [1.165, 1.54) is 12.1 Å². The molecule has 0 bridgehead atoms. The third-order valence-electron chi connectivity index (χ3n) is 3.50. The van der Waals surface area contributed by atoms with Gasteiger partial charge < -0.3 is 10.6 Å². The first-order valence-corrected chi connectivity index (χ1v) is 10.6. The Morgan fingerprint density at radius 1 is 1.08 bits per heavy atom. The molecule has 0 aliphatic heterocycles. The Hall–Kier alpha value is -2.19. The van der Waals surface area contributed by atoms with Gasteiger partial charge in [-0.3, -0.25) is 9.59 Å². The molecule has 0 aliphatic carbocycles. The molecule has 26 heavy (non-hydrogen) atoms. The van der Waals surface area contributed by atoms with Crippen LogP contribution in [0.2, 0.25) is 0 Å². The molecule has 0 atom stereocenters. The predicted molar refractivity (Wildman–Crippen MR) is 105 cm³/mol. The lowest BCUT2D eigenvalue weighted by Crippen LogP contribution is -2.32. The lowest BCUT2D eigenvalue weighted by molar-refractivity contribution is -0.115. The Bertz CT molecular complexity index is 925. The van der Waals surface area contributed by atoms with Gasteiger partial charge in [0.05, 0.1) is 12.3 Å². The zero-order valence-corrected chi connectivity index (χ0v) is 16.8. The number of aryl methyl sites for hydroxylation is 1. The van der Waals surface area contributed by atoms with E-state index in [0.717, 1.165) is 16.3 Å². The van der Waals surface area contributed by atoms with Crippen LogP contribution in [0.25, 0.3) is 0 Å². The number of carbonyl (C=O) groups excluding carboxylic acids is 2. The first-order valence-electron chi connectivity index (χ1n) is 7.75. The minimum atomic E-state index is -3.12. The van der Waals surface area contributed by atoms with E-state index in [0.29, 0.717) is 16.8 Å². The van der Waals surface area contributed by atoms with Crippen molar-refractivity contribution in [1.29, 1.82) is 0 Å². The van der Waals surface area contributed by atoms with E-state index in [1.54, 1.807) is 18.2 Å². The van der Waals surface area contributed by atoms with E-state index in [9.17, 15) is 18.0 Å². The molecule has 0 aliphatic rings. The van der Waals surface area contributed by atoms with Crippen molar-refractivity contribution in [2.24, 2.45) is 0 Å². The Kier molecular flexibility index (Phi) is 6.55. The van der Waals surface area contributed by atoms with Crippen molar-refractivity contribution in [3.05, 3.63) is 63.6 Å². The number of hydrogen-bond donors (Lipinski definition) is 2. The second kappa shape index (κ2) is 8.46. The highest BCUT2D eigenvalue weighted by atomic mass is 79.9. The molecule has 2 amide bonds. The summed E-state index contributed by atoms with van der Waals surface area (Å²) in [4.78, 5) is 24.0. The van der Waals surface area contributed by atoms with Crippen molar-refractivity contribution in [3.8, 4) is 0 Å². The van der Waals surface area contributed by atoms with Crippen LogP contribution in [-0.4, -0.2) is 33.0 Å². The van der Waals surface area contributed by atoms with Gasteiger partial charge in [-0.1, -0.05) is 28.1 Å². The smallest absolute Gasteiger partial charge is 0.251 e. The maximum absolute atomic E-state index is 12.1. The number of carbonyl (C=O) groups is 2. The molecule has 0 fully saturated rings. The van der Waals surface area contributed by atoms with Crippen LogP contribution in [0.4, 0.5) is 5.69 Å². The van der Waals surface area contributed by atoms with Gasteiger partial charge in [0.15, 0.2) is 9.84 Å². The lowest BCUT2D eigenvalue weighted by Gasteiger charge is -2.09. The first-order chi connectivity index (χ1) is 12.1. The minimum absolute atomic E-state index is 0.0795. The summed E-state index contributed by atoms with van der Waals surface area (Å²) in [6.07, 6.45) is 1.15. The van der Waals surface area contributed by atoms with E-state index >= 15 is 0 Å². The Labute approximate surface area is 161 Å². The average molecular weight is 439 g/mol. The van der Waals surface area contributed by atoms with Crippen LogP contribution in [0.1, 0.15) is 21.5 Å². The molecule has 138 valence electrons. The van der Waals surface area contributed by atoms with Crippen LogP contribution in [0.3, 0.4) is 0 Å². The summed E-state index contributed by atoms with van der Waals surface area (Å²) in [5.74, 6) is -0.823. The van der Waals surface area contributed by atoms with Crippen LogP contribution in [0, 0.1) is 6.92 Å². The van der Waals surface area contributed by atoms with Gasteiger partial charge in [0, 0.05) is 22.0 Å². The standard InChI is InChI=1S/C18H19BrN2O4S/c1-12-9-15(7-8-16(12)19)21-17(22)10-20-18(23)14-5-3-13(4-6-14)11-26(2,24)25/h3-9H,10-11H2,1-2H3,(H,20,23)(H,21,22). The largest absolute Gasteiger partial charge is 0.343 e. The molecule has 0 saturated carbocycles. The van der Waals surface area contributed by atoms with Crippen LogP contribution in [0.5, 0.6) is 0 Å². The fraction of sp³-hybridized carbons (Fsp3) is 0.222. The number of rotatable bonds is 6. The van der Waals surface area contributed by atoms with Crippen LogP contribution >= 0.6 is 15.9 Å². The summed E-state index contributed by atoms with van der Waals surface area (Å²) < 4.78 is 23.5. The molecule has 0 heterocycles. The zero-order chi connectivity index (χ0) is 19.3. The molecule has 6 nitrogen and oxygen atoms in total. The monoisotopic (exact) mass is 438 g/mol. The normalized spacial score (nSPS) is 11.0. The van der Waals surface area contributed by atoms with Crippen molar-refractivity contribution in [2.45, 2.75) is 12.7 Å². The number of amides is 2. The average Bonchev–Trinajstić information content (AvgIpc) is 2.55. The summed E-state index contributed by atoms with van der Waals surface area (Å²) in [5.41, 5.74) is 2.60. The number of nitrogens with one attached hydrogen (secondary N) is 2. The highest BCUT2D eigenvalue weighted by molar-refractivity contribution is 9.10. The van der Waals surface area contributed by atoms with Crippen molar-refractivity contribution in [1.82, 2.24) is 5.32 Å². The molecule has 2 rings (SSSR count). The predicted octanol–water partition coefficient (Wildman–Crippen LogP) is 2.67. The van der Waals surface area contributed by atoms with Gasteiger partial charge in [0.25, 0.3) is 5.91 Å². The molecule has 8 heteroatoms. The van der Waals surface area contributed by atoms with Crippen molar-refractivity contribution in [3.63, 3.8) is 0 Å². The number of halogens is 1. The molecule has 2 N–H and O–H groups in total. The van der Waals surface area contributed by atoms with Crippen molar-refractivity contribution >= 4 is 43.3 Å². The van der Waals surface area contributed by atoms with E-state index in [2.05, 4.69) is 26.6 Å². The number of benzene rings is 2. The Balaban J connectivity index is 1.89. The van der Waals surface area contributed by atoms with Gasteiger partial charge in [0.2, 0.25) is 5.91 Å². The highest BCUT2D eigenvalue weighted by Crippen LogP contribution is 2.19. The Morgan fingerprint density at radius 2 is 1.73 bits per heavy atom. The van der Waals surface area contributed by atoms with Crippen molar-refractivity contribution in [2.75, 3.05) is 18.1 Å². The third kappa shape index (κ3) is 6.27. The number of hydrogen-bond acceptors (Lipinski definition) is 4. The molecular formula is C18H19BrN2O4S. The molecule has 2 aromatic carbocycles. The summed E-state index contributed by atoms with van der Waals surface area (Å²) >= 11 is 3.39. The summed E-state index contributed by atoms with van der Waals surface area (Å²) in [6, 6.07) is 11.7. The van der Waals surface area contributed by atoms with Gasteiger partial charge in [-0.25, -0.2) is 8.42 Å². The maximum Gasteiger partial charge on any atom is 0.251 e. The van der Waals surface area contributed by atoms with E-state index in [1.807, 2.05) is 19.1 Å². The number of sulfone groups is 1. The van der Waals surface area contributed by atoms with Gasteiger partial charge in [-0.15, -0.1) is 0 Å². The summed E-state index contributed by atoms with van der Waals surface area (Å²) in [6.45, 7) is 1.74.